The first-order chi connectivity index (χ1) is 14.5. The molecule has 0 unspecified atom stereocenters. The molecule has 1 saturated carbocycles. The number of halogens is 2. The fraction of sp³-hybridized carbons (Fsp3) is 0.538. The van der Waals surface area contributed by atoms with Crippen LogP contribution in [0.3, 0.4) is 0 Å². The highest BCUT2D eigenvalue weighted by molar-refractivity contribution is 5.65. The molecule has 0 aliphatic heterocycles. The van der Waals surface area contributed by atoms with Crippen molar-refractivity contribution in [1.29, 1.82) is 0 Å². The van der Waals surface area contributed by atoms with Crippen LogP contribution >= 0.6 is 0 Å². The Labute approximate surface area is 179 Å². The van der Waals surface area contributed by atoms with Gasteiger partial charge in [0.2, 0.25) is 5.82 Å². The molecule has 30 heavy (non-hydrogen) atoms. The molecule has 0 radical (unpaired) electrons. The summed E-state index contributed by atoms with van der Waals surface area (Å²) in [5.41, 5.74) is 2.20. The molecule has 0 bridgehead atoms. The summed E-state index contributed by atoms with van der Waals surface area (Å²) in [4.78, 5) is 0. The highest BCUT2D eigenvalue weighted by Crippen LogP contribution is 2.40. The molecule has 0 amide bonds. The van der Waals surface area contributed by atoms with Gasteiger partial charge < -0.3 is 9.47 Å². The van der Waals surface area contributed by atoms with Crippen LogP contribution in [0.4, 0.5) is 8.78 Å². The number of rotatable bonds is 9. The lowest BCUT2D eigenvalue weighted by molar-refractivity contribution is -0.0604. The van der Waals surface area contributed by atoms with Crippen molar-refractivity contribution < 1.29 is 18.3 Å². The van der Waals surface area contributed by atoms with Crippen molar-refractivity contribution in [2.45, 2.75) is 77.2 Å². The van der Waals surface area contributed by atoms with Crippen molar-refractivity contribution in [2.75, 3.05) is 13.2 Å². The van der Waals surface area contributed by atoms with Gasteiger partial charge in [-0.15, -0.1) is 0 Å². The summed E-state index contributed by atoms with van der Waals surface area (Å²) in [7, 11) is 0. The van der Waals surface area contributed by atoms with E-state index < -0.39 is 11.6 Å². The Bertz CT molecular complexity index is 809. The Hall–Kier alpha value is -1.94. The molecule has 0 atom stereocenters. The minimum absolute atomic E-state index is 0.00680. The number of hydrogen-bond donors (Lipinski definition) is 0. The van der Waals surface area contributed by atoms with E-state index in [-0.39, 0.29) is 16.9 Å². The van der Waals surface area contributed by atoms with E-state index in [1.165, 1.54) is 24.5 Å². The van der Waals surface area contributed by atoms with Crippen molar-refractivity contribution >= 4 is 0 Å². The fourth-order valence-electron chi connectivity index (χ4n) is 4.33. The number of unbranched alkanes of at least 4 members (excludes halogenated alkanes) is 2. The van der Waals surface area contributed by atoms with Gasteiger partial charge in [0.15, 0.2) is 11.6 Å². The van der Waals surface area contributed by atoms with Crippen molar-refractivity contribution in [1.82, 2.24) is 0 Å². The molecule has 2 aromatic rings. The SMILES string of the molecule is CCCCCOC1(C)CCC(c2ccc(-c3ccc(OCC)c(F)c3F)cc2)CC1. The zero-order chi connectivity index (χ0) is 21.6. The molecule has 1 aliphatic carbocycles. The van der Waals surface area contributed by atoms with Gasteiger partial charge in [-0.25, -0.2) is 4.39 Å². The minimum atomic E-state index is -0.927. The van der Waals surface area contributed by atoms with Gasteiger partial charge in [0.05, 0.1) is 12.2 Å². The highest BCUT2D eigenvalue weighted by atomic mass is 19.2. The van der Waals surface area contributed by atoms with E-state index in [2.05, 4.69) is 26.0 Å². The Morgan fingerprint density at radius 1 is 0.933 bits per heavy atom. The molecule has 0 heterocycles. The van der Waals surface area contributed by atoms with Crippen LogP contribution in [0, 0.1) is 11.6 Å². The molecule has 1 aliphatic rings. The van der Waals surface area contributed by atoms with Crippen LogP contribution < -0.4 is 4.74 Å². The van der Waals surface area contributed by atoms with Gasteiger partial charge >= 0.3 is 0 Å². The van der Waals surface area contributed by atoms with E-state index in [0.717, 1.165) is 38.7 Å². The Morgan fingerprint density at radius 3 is 2.27 bits per heavy atom. The van der Waals surface area contributed by atoms with Gasteiger partial charge in [-0.1, -0.05) is 44.0 Å². The monoisotopic (exact) mass is 416 g/mol. The Kier molecular flexibility index (Phi) is 7.87. The smallest absolute Gasteiger partial charge is 0.201 e. The number of benzene rings is 2. The molecule has 2 aromatic carbocycles. The summed E-state index contributed by atoms with van der Waals surface area (Å²) in [6, 6.07) is 11.0. The maximum absolute atomic E-state index is 14.5. The second-order valence-electron chi connectivity index (χ2n) is 8.57. The quantitative estimate of drug-likeness (QED) is 0.391. The van der Waals surface area contributed by atoms with E-state index in [1.807, 2.05) is 12.1 Å². The summed E-state index contributed by atoms with van der Waals surface area (Å²) in [6.07, 6.45) is 7.88. The van der Waals surface area contributed by atoms with Gasteiger partial charge in [0.25, 0.3) is 0 Å². The molecule has 0 aromatic heterocycles. The minimum Gasteiger partial charge on any atom is -0.491 e. The fourth-order valence-corrected chi connectivity index (χ4v) is 4.33. The molecule has 3 rings (SSSR count). The predicted molar refractivity (Wildman–Crippen MR) is 118 cm³/mol. The lowest BCUT2D eigenvalue weighted by atomic mass is 9.76. The lowest BCUT2D eigenvalue weighted by Gasteiger charge is -2.37. The Balaban J connectivity index is 1.62. The van der Waals surface area contributed by atoms with Crippen LogP contribution in [-0.2, 0) is 4.74 Å². The van der Waals surface area contributed by atoms with Crippen molar-refractivity contribution in [3.05, 3.63) is 53.6 Å². The third-order valence-electron chi connectivity index (χ3n) is 6.28. The lowest BCUT2D eigenvalue weighted by Crippen LogP contribution is -2.33. The highest BCUT2D eigenvalue weighted by Gasteiger charge is 2.32. The third kappa shape index (κ3) is 5.40. The van der Waals surface area contributed by atoms with Crippen LogP contribution in [0.2, 0.25) is 0 Å². The van der Waals surface area contributed by atoms with Crippen LogP contribution in [0.5, 0.6) is 5.75 Å². The summed E-state index contributed by atoms with van der Waals surface area (Å²) in [5, 5.41) is 0. The largest absolute Gasteiger partial charge is 0.491 e. The van der Waals surface area contributed by atoms with Crippen LogP contribution in [-0.4, -0.2) is 18.8 Å². The first-order valence-electron chi connectivity index (χ1n) is 11.3. The Morgan fingerprint density at radius 2 is 1.63 bits per heavy atom. The van der Waals surface area contributed by atoms with Gasteiger partial charge in [0, 0.05) is 12.2 Å². The molecule has 0 N–H and O–H groups in total. The van der Waals surface area contributed by atoms with Crippen LogP contribution in [0.15, 0.2) is 36.4 Å². The zero-order valence-electron chi connectivity index (χ0n) is 18.5. The molecule has 4 heteroatoms. The van der Waals surface area contributed by atoms with Gasteiger partial charge in [-0.2, -0.15) is 4.39 Å². The second-order valence-corrected chi connectivity index (χ2v) is 8.57. The molecule has 0 saturated heterocycles. The maximum Gasteiger partial charge on any atom is 0.201 e. The van der Waals surface area contributed by atoms with Crippen LogP contribution in [0.25, 0.3) is 11.1 Å². The molecule has 2 nitrogen and oxygen atoms in total. The molecule has 1 fully saturated rings. The first kappa shape index (κ1) is 22.7. The molecule has 0 spiro atoms. The van der Waals surface area contributed by atoms with Gasteiger partial charge in [-0.05, 0) is 75.1 Å². The third-order valence-corrected chi connectivity index (χ3v) is 6.28. The van der Waals surface area contributed by atoms with E-state index in [4.69, 9.17) is 9.47 Å². The van der Waals surface area contributed by atoms with E-state index in [0.29, 0.717) is 18.1 Å². The second kappa shape index (κ2) is 10.4. The summed E-state index contributed by atoms with van der Waals surface area (Å²) >= 11 is 0. The van der Waals surface area contributed by atoms with Crippen LogP contribution in [0.1, 0.15) is 77.2 Å². The summed E-state index contributed by atoms with van der Waals surface area (Å²) in [5.74, 6) is -1.34. The van der Waals surface area contributed by atoms with Crippen molar-refractivity contribution in [3.63, 3.8) is 0 Å². The standard InChI is InChI=1S/C26H34F2O2/c1-4-6-7-18-30-26(3)16-14-20(15-17-26)19-8-10-21(11-9-19)22-12-13-23(29-5-2)25(28)24(22)27/h8-13,20H,4-7,14-18H2,1-3H3. The first-order valence-corrected chi connectivity index (χ1v) is 11.3. The summed E-state index contributed by atoms with van der Waals surface area (Å²) < 4.78 is 40.0. The number of ether oxygens (including phenoxy) is 2. The predicted octanol–water partition coefficient (Wildman–Crippen LogP) is 7.65. The molecular weight excluding hydrogens is 382 g/mol. The number of hydrogen-bond acceptors (Lipinski definition) is 2. The average molecular weight is 417 g/mol. The summed E-state index contributed by atoms with van der Waals surface area (Å²) in [6.45, 7) is 7.35. The van der Waals surface area contributed by atoms with Gasteiger partial charge in [0.1, 0.15) is 0 Å². The topological polar surface area (TPSA) is 18.5 Å². The van der Waals surface area contributed by atoms with Crippen molar-refractivity contribution in [3.8, 4) is 16.9 Å². The zero-order valence-corrected chi connectivity index (χ0v) is 18.5. The molecule has 164 valence electrons. The average Bonchev–Trinajstić information content (AvgIpc) is 2.76. The maximum atomic E-state index is 14.5. The van der Waals surface area contributed by atoms with Gasteiger partial charge in [-0.3, -0.25) is 0 Å². The van der Waals surface area contributed by atoms with E-state index in [1.54, 1.807) is 13.0 Å². The van der Waals surface area contributed by atoms with E-state index >= 15 is 0 Å². The normalized spacial score (nSPS) is 21.6. The van der Waals surface area contributed by atoms with Crippen molar-refractivity contribution in [2.24, 2.45) is 0 Å². The van der Waals surface area contributed by atoms with E-state index in [9.17, 15) is 8.78 Å². The molecular formula is C26H34F2O2.